The number of carbonyl (C=O) groups excluding carboxylic acids is 2. The van der Waals surface area contributed by atoms with Gasteiger partial charge in [0.25, 0.3) is 5.56 Å². The van der Waals surface area contributed by atoms with Crippen LogP contribution in [0.2, 0.25) is 5.02 Å². The number of rotatable bonds is 8. The highest BCUT2D eigenvalue weighted by molar-refractivity contribution is 6.33. The second-order valence-corrected chi connectivity index (χ2v) is 20.3. The quantitative estimate of drug-likeness (QED) is 0.136. The lowest BCUT2D eigenvalue weighted by Crippen LogP contribution is -2.48. The number of nitrogens with zero attached hydrogens (tertiary/aromatic N) is 8. The Hall–Kier alpha value is -5.62. The molecule has 5 fully saturated rings. The van der Waals surface area contributed by atoms with Crippen LogP contribution in [0.4, 0.5) is 42.0 Å². The molecule has 2 unspecified atom stereocenters. The molecule has 8 heterocycles. The number of piperidine rings is 4. The SMILES string of the molecule is Cn1nc(C2CCC(=O)NC2=O)c2ccc(N3CCC(CN4CCC5(CC4)CCN(c4ncc(Cl)c(Nc6cc7c8c(c(=O)n(C)c7cc6F)OCC(F)(F)C(C6CC6)N8)n4)CC5)CC3)cc21. The molecule has 5 aliphatic heterocycles. The van der Waals surface area contributed by atoms with E-state index in [0.717, 1.165) is 101 Å². The normalized spacial score (nSPS) is 23.5. The second kappa shape index (κ2) is 16.9. The molecular formula is C48H55ClF3N11O4. The van der Waals surface area contributed by atoms with Crippen LogP contribution < -0.4 is 36.0 Å². The van der Waals surface area contributed by atoms with E-state index in [1.54, 1.807) is 0 Å². The monoisotopic (exact) mass is 941 g/mol. The highest BCUT2D eigenvalue weighted by atomic mass is 35.5. The Balaban J connectivity index is 0.695. The molecule has 11 rings (SSSR count). The highest BCUT2D eigenvalue weighted by Crippen LogP contribution is 2.47. The summed E-state index contributed by atoms with van der Waals surface area (Å²) in [5.41, 5.74) is 2.90. The molecule has 1 aliphatic carbocycles. The maximum absolute atomic E-state index is 15.8. The van der Waals surface area contributed by atoms with Gasteiger partial charge in [0.2, 0.25) is 23.5 Å². The molecule has 1 saturated carbocycles. The predicted octanol–water partition coefficient (Wildman–Crippen LogP) is 7.09. The molecule has 2 atom stereocenters. The van der Waals surface area contributed by atoms with Gasteiger partial charge in [-0.15, -0.1) is 0 Å². The molecule has 4 saturated heterocycles. The smallest absolute Gasteiger partial charge is 0.301 e. The molecule has 0 bridgehead atoms. The second-order valence-electron chi connectivity index (χ2n) is 19.9. The molecule has 1 spiro atoms. The number of hydrogen-bond acceptors (Lipinski definition) is 12. The molecule has 0 radical (unpaired) electrons. The third kappa shape index (κ3) is 8.20. The Morgan fingerprint density at radius 2 is 1.64 bits per heavy atom. The summed E-state index contributed by atoms with van der Waals surface area (Å²) >= 11 is 6.60. The summed E-state index contributed by atoms with van der Waals surface area (Å²) in [6.45, 7) is 5.90. The summed E-state index contributed by atoms with van der Waals surface area (Å²) in [6, 6.07) is 7.88. The van der Waals surface area contributed by atoms with Gasteiger partial charge in [0, 0.05) is 75.8 Å². The standard InChI is InChI=1S/C48H55ClF3N11O4/c1-59-36-23-34(50)35(22-32(36)40-41(45(59)66)67-26-48(51,52)42(56-40)28-3-4-28)54-43-33(49)24-53-46(57-43)63-19-13-47(14-20-63)11-17-61(18-12-47)25-27-9-15-62(16-10-27)29-5-6-30-37(21-29)60(2)58-39(30)31-7-8-38(64)55-44(31)65/h5-6,21-24,27-28,31,42,56H,3-4,7-20,25-26H2,1-2H3,(H,53,54,57)(H,55,64,65). The number of pyridine rings is 1. The van der Waals surface area contributed by atoms with Crippen LogP contribution in [0.25, 0.3) is 21.8 Å². The predicted molar refractivity (Wildman–Crippen MR) is 250 cm³/mol. The molecule has 2 amide bonds. The number of aryl methyl sites for hydroxylation is 2. The van der Waals surface area contributed by atoms with E-state index in [4.69, 9.17) is 26.4 Å². The van der Waals surface area contributed by atoms with Crippen LogP contribution in [0.1, 0.15) is 75.8 Å². The van der Waals surface area contributed by atoms with Gasteiger partial charge in [-0.05, 0) is 112 Å². The first-order valence-corrected chi connectivity index (χ1v) is 24.1. The van der Waals surface area contributed by atoms with Crippen molar-refractivity contribution in [2.75, 3.05) is 72.9 Å². The van der Waals surface area contributed by atoms with Crippen LogP contribution in [-0.4, -0.2) is 105 Å². The zero-order chi connectivity index (χ0) is 46.4. The number of fused-ring (bicyclic) bond motifs is 4. The lowest BCUT2D eigenvalue weighted by Gasteiger charge is -2.47. The molecule has 354 valence electrons. The van der Waals surface area contributed by atoms with Gasteiger partial charge in [-0.2, -0.15) is 10.1 Å². The largest absolute Gasteiger partial charge is 0.480 e. The number of likely N-dealkylation sites (tertiary alicyclic amines) is 1. The Kier molecular flexibility index (Phi) is 11.1. The zero-order valence-electron chi connectivity index (χ0n) is 37.7. The summed E-state index contributed by atoms with van der Waals surface area (Å²) in [5, 5.41) is 14.7. The first kappa shape index (κ1) is 43.9. The number of amides is 2. The van der Waals surface area contributed by atoms with E-state index in [2.05, 4.69) is 53.8 Å². The van der Waals surface area contributed by atoms with Gasteiger partial charge in [-0.3, -0.25) is 24.4 Å². The van der Waals surface area contributed by atoms with Crippen LogP contribution in [0.15, 0.2) is 41.3 Å². The number of nitrogens with one attached hydrogen (secondary N) is 3. The third-order valence-electron chi connectivity index (χ3n) is 15.6. The number of halogens is 4. The minimum atomic E-state index is -3.20. The Bertz CT molecular complexity index is 2840. The first-order chi connectivity index (χ1) is 32.2. The average Bonchev–Trinajstić information content (AvgIpc) is 4.12. The van der Waals surface area contributed by atoms with Gasteiger partial charge < -0.3 is 34.6 Å². The number of aromatic nitrogens is 5. The van der Waals surface area contributed by atoms with Crippen molar-refractivity contribution in [2.24, 2.45) is 31.3 Å². The van der Waals surface area contributed by atoms with E-state index in [0.29, 0.717) is 42.9 Å². The number of benzene rings is 2. The van der Waals surface area contributed by atoms with Crippen molar-refractivity contribution >= 4 is 74.0 Å². The lowest BCUT2D eigenvalue weighted by molar-refractivity contribution is -0.134. The molecule has 3 N–H and O–H groups in total. The Morgan fingerprint density at radius 1 is 0.896 bits per heavy atom. The molecule has 6 aliphatic rings. The van der Waals surface area contributed by atoms with Crippen LogP contribution in [-0.2, 0) is 23.7 Å². The highest BCUT2D eigenvalue weighted by Gasteiger charge is 2.51. The average molecular weight is 942 g/mol. The molecule has 67 heavy (non-hydrogen) atoms. The zero-order valence-corrected chi connectivity index (χ0v) is 38.5. The van der Waals surface area contributed by atoms with Gasteiger partial charge in [-0.25, -0.2) is 18.2 Å². The molecule has 2 aromatic carbocycles. The topological polar surface area (TPSA) is 155 Å². The maximum Gasteiger partial charge on any atom is 0.301 e. The number of imide groups is 1. The van der Waals surface area contributed by atoms with Crippen molar-refractivity contribution in [1.29, 1.82) is 0 Å². The fourth-order valence-electron chi connectivity index (χ4n) is 11.4. The van der Waals surface area contributed by atoms with Crippen molar-refractivity contribution < 1.29 is 27.5 Å². The molecule has 15 nitrogen and oxygen atoms in total. The Morgan fingerprint density at radius 3 is 2.37 bits per heavy atom. The number of alkyl halides is 2. The summed E-state index contributed by atoms with van der Waals surface area (Å²) in [4.78, 5) is 54.2. The Labute approximate surface area is 390 Å². The van der Waals surface area contributed by atoms with Crippen molar-refractivity contribution in [1.82, 2.24) is 34.5 Å². The molecule has 5 aromatic rings. The summed E-state index contributed by atoms with van der Waals surface area (Å²) in [7, 11) is 3.38. The minimum Gasteiger partial charge on any atom is -0.480 e. The summed E-state index contributed by atoms with van der Waals surface area (Å²) < 4.78 is 54.8. The maximum atomic E-state index is 15.8. The number of anilines is 5. The van der Waals surface area contributed by atoms with Crippen LogP contribution in [0, 0.1) is 23.1 Å². The fourth-order valence-corrected chi connectivity index (χ4v) is 11.5. The van der Waals surface area contributed by atoms with Gasteiger partial charge in [-0.1, -0.05) is 11.6 Å². The first-order valence-electron chi connectivity index (χ1n) is 23.7. The molecular weight excluding hydrogens is 887 g/mol. The fraction of sp³-hybridized carbons (Fsp3) is 0.542. The van der Waals surface area contributed by atoms with Gasteiger partial charge in [0.05, 0.1) is 46.3 Å². The van der Waals surface area contributed by atoms with Gasteiger partial charge in [0.15, 0.2) is 12.4 Å². The lowest BCUT2D eigenvalue weighted by atomic mass is 9.71. The van der Waals surface area contributed by atoms with Crippen LogP contribution in [0.5, 0.6) is 5.75 Å². The summed E-state index contributed by atoms with van der Waals surface area (Å²) in [5.74, 6) is -3.91. The van der Waals surface area contributed by atoms with Gasteiger partial charge in [0.1, 0.15) is 10.8 Å². The van der Waals surface area contributed by atoms with Crippen molar-refractivity contribution in [3.05, 3.63) is 63.4 Å². The minimum absolute atomic E-state index is 0.0155. The van der Waals surface area contributed by atoms with Crippen molar-refractivity contribution in [3.8, 4) is 5.75 Å². The molecule has 3 aromatic heterocycles. The summed E-state index contributed by atoms with van der Waals surface area (Å²) in [6.07, 6.45) is 10.2. The van der Waals surface area contributed by atoms with E-state index < -0.39 is 35.9 Å². The van der Waals surface area contributed by atoms with E-state index >= 15 is 13.2 Å². The molecule has 19 heteroatoms. The van der Waals surface area contributed by atoms with Crippen LogP contribution in [0.3, 0.4) is 0 Å². The van der Waals surface area contributed by atoms with Crippen LogP contribution >= 0.6 is 11.6 Å². The van der Waals surface area contributed by atoms with E-state index in [1.165, 1.54) is 35.6 Å². The van der Waals surface area contributed by atoms with E-state index in [1.807, 2.05) is 11.7 Å². The van der Waals surface area contributed by atoms with Crippen molar-refractivity contribution in [3.63, 3.8) is 0 Å². The van der Waals surface area contributed by atoms with E-state index in [-0.39, 0.29) is 56.6 Å². The van der Waals surface area contributed by atoms with Gasteiger partial charge >= 0.3 is 5.92 Å². The van der Waals surface area contributed by atoms with Crippen molar-refractivity contribution in [2.45, 2.75) is 82.1 Å². The number of hydrogen-bond donors (Lipinski definition) is 3. The number of carbonyl (C=O) groups is 2. The third-order valence-corrected chi connectivity index (χ3v) is 15.9. The number of ether oxygens (including phenoxy) is 1. The van der Waals surface area contributed by atoms with E-state index in [9.17, 15) is 14.4 Å².